The van der Waals surface area contributed by atoms with Gasteiger partial charge in [-0.15, -0.1) is 6.58 Å². The third kappa shape index (κ3) is 30.1. The third-order valence-corrected chi connectivity index (χ3v) is 30.9. The summed E-state index contributed by atoms with van der Waals surface area (Å²) in [4.78, 5) is 159. The predicted molar refractivity (Wildman–Crippen MR) is 523 cm³/mol. The van der Waals surface area contributed by atoms with Crippen LogP contribution in [0.25, 0.3) is 11.2 Å². The minimum Gasteiger partial charge on any atom is -0.460 e. The fraction of sp³-hybridized carbons (Fsp3) is 0.702. The molecule has 784 valence electrons. The minimum atomic E-state index is -2.51. The summed E-state index contributed by atoms with van der Waals surface area (Å²) in [6.07, 6.45) is 20.4. The van der Waals surface area contributed by atoms with Crippen LogP contribution in [0.1, 0.15) is 231 Å². The average Bonchev–Trinajstić information content (AvgIpc) is 1.30. The van der Waals surface area contributed by atoms with Crippen LogP contribution in [-0.2, 0) is 97.6 Å². The Hall–Kier alpha value is -8.64. The number of cyclic esters (lactones) is 2. The number of carbonyl (C=O) groups is 9. The molecule has 0 radical (unpaired) electrons. The van der Waals surface area contributed by atoms with Crippen molar-refractivity contribution < 1.29 is 126 Å². The fourth-order valence-electron chi connectivity index (χ4n) is 21.1. The van der Waals surface area contributed by atoms with Crippen molar-refractivity contribution in [3.8, 4) is 0 Å². The van der Waals surface area contributed by atoms with E-state index >= 15 is 0 Å². The number of imidazole rings is 2. The van der Waals surface area contributed by atoms with Gasteiger partial charge in [0.2, 0.25) is 17.9 Å². The number of aliphatic hydroxyl groups is 6. The number of hydrogen-bond acceptors (Lipinski definition) is 32. The number of H-pyrrole nitrogens is 1. The number of amides is 2. The largest absolute Gasteiger partial charge is 0.460 e. The van der Waals surface area contributed by atoms with E-state index in [0.29, 0.717) is 142 Å². The molecule has 11 rings (SSSR count). The number of hydrogen-bond donors (Lipinski definition) is 7. The Morgan fingerprint density at radius 3 is 1.89 bits per heavy atom. The number of fused-ring (bicyclic) bond motifs is 7. The summed E-state index contributed by atoms with van der Waals surface area (Å²) in [6, 6.07) is -2.28. The number of nitrogens with one attached hydrogen (secondary N) is 1. The van der Waals surface area contributed by atoms with Gasteiger partial charge >= 0.3 is 17.8 Å². The van der Waals surface area contributed by atoms with Crippen LogP contribution in [0.4, 0.5) is 5.82 Å². The van der Waals surface area contributed by atoms with Crippen LogP contribution < -0.4 is 0 Å². The lowest BCUT2D eigenvalue weighted by molar-refractivity contribution is -0.392. The van der Waals surface area contributed by atoms with Crippen molar-refractivity contribution in [3.63, 3.8) is 0 Å². The Bertz CT molecular complexity index is 4930. The van der Waals surface area contributed by atoms with Crippen LogP contribution in [0.15, 0.2) is 113 Å². The number of ketones is 5. The van der Waals surface area contributed by atoms with Gasteiger partial charge in [0.05, 0.1) is 61.3 Å². The summed E-state index contributed by atoms with van der Waals surface area (Å²) in [5.41, 5.74) is 4.03. The Morgan fingerprint density at radius 1 is 0.652 bits per heavy atom. The molecule has 3 aromatic heterocycles. The SMILES string of the molecule is C=CC[C@@H]1/C=C(\C)C[C@H](C)C[C@H](OC)[C@H]2O[C@@](O)(C(=O)C(=O)N3CCCC[C@H]3C(=O)O[C@H](/C(C)=C/[C@@H]3CC[C@@H](O)[C@H](OC)C3)[C@H](C)[C@@H](O)CC1=O)[C@H](C)C[C@@H]2OC.CO[C@H]1C[C@@H]2CC[C@@H](C)[C@@](O)(O2)C(=O)C(=O)N2CCCC[C@H]2C(=O)O[C@H]([C@H](C)C[C@@H]2CC[C@@H](O)[C@H](OC)C2)CC(=O)[C@H](C)/C=C(\C)[C@@H](O)[C@@H](OC)C(=O)[C@H](C)C[C@H](C)/C=C/C=CC=C1C.Cn1cnc([N+](=O)[O-])c1Sc1ncnc2nc[nH]c12. The van der Waals surface area contributed by atoms with E-state index in [-0.39, 0.29) is 110 Å². The van der Waals surface area contributed by atoms with Gasteiger partial charge in [-0.1, -0.05) is 116 Å². The number of esters is 2. The monoisotopic (exact) mass is 1990 g/mol. The normalized spacial score (nSPS) is 36.1. The highest BCUT2D eigenvalue weighted by Gasteiger charge is 2.58. The van der Waals surface area contributed by atoms with Crippen molar-refractivity contribution in [2.45, 2.75) is 350 Å². The second-order valence-electron chi connectivity index (χ2n) is 40.5. The minimum absolute atomic E-state index is 0.00988. The van der Waals surface area contributed by atoms with Gasteiger partial charge < -0.3 is 107 Å². The highest BCUT2D eigenvalue weighted by Crippen LogP contribution is 2.44. The maximum Gasteiger partial charge on any atom is 0.396 e. The Kier molecular flexibility index (Phi) is 44.4. The number of nitrogens with zero attached hydrogens (tertiary/aromatic N) is 8. The first-order valence-corrected chi connectivity index (χ1v) is 50.8. The molecule has 8 aliphatic rings. The molecule has 6 aliphatic heterocycles. The topological polar surface area (TPSA) is 489 Å². The second kappa shape index (κ2) is 54.0. The zero-order chi connectivity index (χ0) is 104. The molecule has 0 spiro atoms. The second-order valence-corrected chi connectivity index (χ2v) is 41.5. The molecule has 3 aromatic rings. The van der Waals surface area contributed by atoms with E-state index in [2.05, 4.69) is 31.5 Å². The number of carbonyl (C=O) groups excluding carboxylic acids is 9. The van der Waals surface area contributed by atoms with Crippen molar-refractivity contribution in [2.75, 3.05) is 55.7 Å². The van der Waals surface area contributed by atoms with Crippen LogP contribution in [0, 0.1) is 75.2 Å². The molecular formula is C104H155N9O27S. The molecule has 4 saturated heterocycles. The molecule has 0 aromatic carbocycles. The molecule has 7 N–H and O–H groups in total. The first-order valence-electron chi connectivity index (χ1n) is 50.0. The quantitative estimate of drug-likeness (QED) is 0.0175. The van der Waals surface area contributed by atoms with E-state index in [1.807, 2.05) is 91.0 Å². The third-order valence-electron chi connectivity index (χ3n) is 29.8. The number of ether oxygens (including phenoxy) is 10. The molecule has 29 atom stereocenters. The lowest BCUT2D eigenvalue weighted by Crippen LogP contribution is -2.64. The first-order chi connectivity index (χ1) is 66.9. The molecule has 6 fully saturated rings. The van der Waals surface area contributed by atoms with Crippen LogP contribution in [-0.4, -0.2) is 292 Å². The predicted octanol–water partition coefficient (Wildman–Crippen LogP) is 12.0. The van der Waals surface area contributed by atoms with Gasteiger partial charge in [0.15, 0.2) is 16.5 Å². The van der Waals surface area contributed by atoms with E-state index in [0.717, 1.165) is 29.3 Å². The number of rotatable bonds is 16. The highest BCUT2D eigenvalue weighted by atomic mass is 32.2. The molecule has 37 heteroatoms. The van der Waals surface area contributed by atoms with Crippen molar-refractivity contribution >= 4 is 81.4 Å². The van der Waals surface area contributed by atoms with Crippen LogP contribution >= 0.6 is 11.8 Å². The van der Waals surface area contributed by atoms with Crippen LogP contribution in [0.2, 0.25) is 0 Å². The Morgan fingerprint density at radius 2 is 1.27 bits per heavy atom. The van der Waals surface area contributed by atoms with Crippen molar-refractivity contribution in [1.29, 1.82) is 0 Å². The number of piperidine rings is 2. The molecule has 2 amide bonds. The number of aliphatic hydroxyl groups excluding tert-OH is 4. The number of aryl methyl sites for hydroxylation is 1. The van der Waals surface area contributed by atoms with Crippen molar-refractivity contribution in [1.82, 2.24) is 39.3 Å². The number of allylic oxidation sites excluding steroid dienone is 10. The van der Waals surface area contributed by atoms with E-state index in [1.165, 1.54) is 50.1 Å². The van der Waals surface area contributed by atoms with Crippen molar-refractivity contribution in [2.24, 2.45) is 72.1 Å². The molecule has 2 aliphatic carbocycles. The highest BCUT2D eigenvalue weighted by molar-refractivity contribution is 7.99. The molecule has 36 nitrogen and oxygen atoms in total. The maximum atomic E-state index is 14.4. The number of methoxy groups -OCH3 is 6. The van der Waals surface area contributed by atoms with Gasteiger partial charge in [-0.3, -0.25) is 33.6 Å². The van der Waals surface area contributed by atoms with Gasteiger partial charge in [-0.25, -0.2) is 24.5 Å². The summed E-state index contributed by atoms with van der Waals surface area (Å²) in [5, 5.41) is 79.9. The molecule has 0 unspecified atom stereocenters. The summed E-state index contributed by atoms with van der Waals surface area (Å²) in [7, 11) is 10.8. The van der Waals surface area contributed by atoms with Gasteiger partial charge in [-0.2, -0.15) is 0 Å². The maximum absolute atomic E-state index is 14.4. The van der Waals surface area contributed by atoms with E-state index in [1.54, 1.807) is 79.7 Å². The standard InChI is InChI=1S/C51H79NO13.C44H69NO12.C9H7N7O2S/c1-30-16-12-11-13-17-31(2)42(61-8)28-38-21-19-36(7)51(60,65-38)48(57)49(58)52-23-15-14-18-39(52)50(59)64-43(33(4)26-37-20-22-40(53)44(27-37)62-9)29-41(54)32(3)25-35(6)46(56)47(63-10)45(55)34(5)24-30;1-10-13-31-19-25(2)18-26(3)20-37(54-8)40-38(55-9)22-28(5)44(52,57-40)41(49)42(50)45-17-12-11-14-32(45)43(51)56-39(29(6)34(47)24-35(31)48)27(4)21-30-15-16-33(46)36(23-30)53-7;1-15-4-14-7(16(17)18)9(15)19-8-5-6(11-2-10-5)12-3-13-8/h11-13,16-17,25,30,32-34,36-40,42-44,46-47,53,56,60H,14-15,18-24,26-29H2,1-10H3;10,19,21,26,28-34,36-40,46-47,52H,1,11-18,20,22-24H2,2-9H3;2-4H,1H3,(H,10,11,12,13)/b13-11?,16-12+,31-17?,35-25+;25-19+,27-21+;/t30-,32-,33-,34-,36-,37+,38+,39+,40-,42+,43+,44-,46-,47+,51-;26-,28+,29+,30-,31+,32-,33+,34-,36+,37-,38-,39+,40+,44+;/m10./s1. The van der Waals surface area contributed by atoms with E-state index < -0.39 is 173 Å². The van der Waals surface area contributed by atoms with Crippen LogP contribution in [0.3, 0.4) is 0 Å². The Labute approximate surface area is 832 Å². The van der Waals surface area contributed by atoms with Gasteiger partial charge in [0, 0.05) is 118 Å². The van der Waals surface area contributed by atoms with E-state index in [9.17, 15) is 83.9 Å². The first kappa shape index (κ1) is 116. The summed E-state index contributed by atoms with van der Waals surface area (Å²) in [6.45, 7) is 25.9. The van der Waals surface area contributed by atoms with Gasteiger partial charge in [0.1, 0.15) is 71.0 Å². The lowest BCUT2D eigenvalue weighted by Gasteiger charge is -2.47. The lowest BCUT2D eigenvalue weighted by atomic mass is 9.78. The summed E-state index contributed by atoms with van der Waals surface area (Å²) < 4.78 is 60.7. The van der Waals surface area contributed by atoms with Gasteiger partial charge in [0.25, 0.3) is 23.4 Å². The van der Waals surface area contributed by atoms with Crippen molar-refractivity contribution in [3.05, 3.63) is 113 Å². The smallest absolute Gasteiger partial charge is 0.396 e. The molecule has 4 bridgehead atoms. The zero-order valence-electron chi connectivity index (χ0n) is 85.6. The molecule has 9 heterocycles. The average molecular weight is 2000 g/mol. The number of nitro groups is 1. The molecule has 2 saturated carbocycles. The summed E-state index contributed by atoms with van der Waals surface area (Å²) >= 11 is 1.15. The zero-order valence-corrected chi connectivity index (χ0v) is 86.5. The fourth-order valence-corrected chi connectivity index (χ4v) is 22.0. The Balaban J connectivity index is 0.000000265. The number of Topliss-reactive ketones (excluding diaryl/α,β-unsaturated/α-hetero) is 5. The summed E-state index contributed by atoms with van der Waals surface area (Å²) in [5.74, 6) is -15.9. The number of aromatic nitrogens is 6. The molecular weight excluding hydrogens is 1840 g/mol. The van der Waals surface area contributed by atoms with Crippen LogP contribution in [0.5, 0.6) is 0 Å². The number of aromatic amines is 1. The van der Waals surface area contributed by atoms with Gasteiger partial charge in [-0.05, 0) is 224 Å². The molecule has 141 heavy (non-hydrogen) atoms. The van der Waals surface area contributed by atoms with E-state index in [4.69, 9.17) is 47.4 Å².